The van der Waals surface area contributed by atoms with Gasteiger partial charge < -0.3 is 14.8 Å². The summed E-state index contributed by atoms with van der Waals surface area (Å²) in [5.74, 6) is 1.13. The first-order chi connectivity index (χ1) is 8.76. The third-order valence-corrected chi connectivity index (χ3v) is 3.29. The monoisotopic (exact) mass is 250 g/mol. The van der Waals surface area contributed by atoms with Gasteiger partial charge in [0.2, 0.25) is 5.91 Å². The lowest BCUT2D eigenvalue weighted by Crippen LogP contribution is -2.35. The lowest BCUT2D eigenvalue weighted by atomic mass is 10.4. The largest absolute Gasteiger partial charge is 0.338 e. The molecule has 0 bridgehead atoms. The van der Waals surface area contributed by atoms with E-state index < -0.39 is 0 Å². The Morgan fingerprint density at radius 3 is 2.94 bits per heavy atom. The van der Waals surface area contributed by atoms with Crippen LogP contribution in [0.15, 0.2) is 12.4 Å². The normalized spacial score (nSPS) is 14.8. The van der Waals surface area contributed by atoms with Crippen molar-refractivity contribution in [3.8, 4) is 0 Å². The Labute approximate surface area is 108 Å². The van der Waals surface area contributed by atoms with Gasteiger partial charge in [0.1, 0.15) is 12.4 Å². The maximum Gasteiger partial charge on any atom is 0.242 e. The summed E-state index contributed by atoms with van der Waals surface area (Å²) in [6, 6.07) is 0.489. The van der Waals surface area contributed by atoms with Crippen LogP contribution >= 0.6 is 0 Å². The van der Waals surface area contributed by atoms with Gasteiger partial charge in [0.25, 0.3) is 0 Å². The smallest absolute Gasteiger partial charge is 0.242 e. The quantitative estimate of drug-likeness (QED) is 0.785. The Hall–Kier alpha value is -1.36. The van der Waals surface area contributed by atoms with E-state index in [1.165, 1.54) is 0 Å². The molecule has 1 saturated carbocycles. The number of carbonyl (C=O) groups excluding carboxylic acids is 1. The van der Waals surface area contributed by atoms with Crippen LogP contribution in [0.2, 0.25) is 0 Å². The molecule has 1 aliphatic rings. The van der Waals surface area contributed by atoms with Crippen molar-refractivity contribution in [1.82, 2.24) is 19.8 Å². The number of likely N-dealkylation sites (N-methyl/N-ethyl adjacent to an activating group) is 1. The van der Waals surface area contributed by atoms with Crippen LogP contribution in [0.4, 0.5) is 0 Å². The summed E-state index contributed by atoms with van der Waals surface area (Å²) < 4.78 is 1.94. The Kier molecular flexibility index (Phi) is 4.36. The highest BCUT2D eigenvalue weighted by molar-refractivity contribution is 5.76. The number of imidazole rings is 1. The van der Waals surface area contributed by atoms with Gasteiger partial charge in [-0.1, -0.05) is 6.92 Å². The summed E-state index contributed by atoms with van der Waals surface area (Å²) in [6.07, 6.45) is 5.96. The first kappa shape index (κ1) is 13.1. The van der Waals surface area contributed by atoms with E-state index in [0.29, 0.717) is 19.1 Å². The highest BCUT2D eigenvalue weighted by Crippen LogP contribution is 2.26. The maximum atomic E-state index is 12.2. The highest BCUT2D eigenvalue weighted by atomic mass is 16.2. The van der Waals surface area contributed by atoms with Crippen LogP contribution in [-0.2, 0) is 17.9 Å². The van der Waals surface area contributed by atoms with Crippen molar-refractivity contribution in [2.45, 2.75) is 45.8 Å². The second-order valence-corrected chi connectivity index (χ2v) is 4.66. The number of aromatic nitrogens is 2. The first-order valence-electron chi connectivity index (χ1n) is 6.76. The molecule has 100 valence electrons. The molecule has 1 amide bonds. The van der Waals surface area contributed by atoms with E-state index in [1.54, 1.807) is 6.20 Å². The van der Waals surface area contributed by atoms with Crippen LogP contribution in [0, 0.1) is 0 Å². The van der Waals surface area contributed by atoms with Gasteiger partial charge in [0, 0.05) is 25.0 Å². The molecule has 0 aliphatic heterocycles. The van der Waals surface area contributed by atoms with Gasteiger partial charge in [-0.25, -0.2) is 4.98 Å². The standard InChI is InChI=1S/C13H22N4O/c1-3-14-9-12-15-7-8-16(12)10-13(18)17(4-2)11-5-6-11/h7-8,11,14H,3-6,9-10H2,1-2H3. The number of amides is 1. The van der Waals surface area contributed by atoms with E-state index in [0.717, 1.165) is 31.8 Å². The minimum atomic E-state index is 0.204. The zero-order valence-corrected chi connectivity index (χ0v) is 11.2. The molecule has 5 nitrogen and oxygen atoms in total. The van der Waals surface area contributed by atoms with E-state index in [1.807, 2.05) is 22.6 Å². The summed E-state index contributed by atoms with van der Waals surface area (Å²) in [5.41, 5.74) is 0. The first-order valence-corrected chi connectivity index (χ1v) is 6.76. The molecule has 5 heteroatoms. The van der Waals surface area contributed by atoms with Crippen molar-refractivity contribution in [1.29, 1.82) is 0 Å². The number of hydrogen-bond acceptors (Lipinski definition) is 3. The Morgan fingerprint density at radius 1 is 1.56 bits per heavy atom. The maximum absolute atomic E-state index is 12.2. The van der Waals surface area contributed by atoms with Crippen LogP contribution in [0.1, 0.15) is 32.5 Å². The number of rotatable bonds is 7. The summed E-state index contributed by atoms with van der Waals surface area (Å²) in [4.78, 5) is 18.5. The molecule has 1 aliphatic carbocycles. The second kappa shape index (κ2) is 6.00. The number of carbonyl (C=O) groups is 1. The number of hydrogen-bond donors (Lipinski definition) is 1. The molecule has 2 rings (SSSR count). The Bertz CT molecular complexity index is 397. The molecule has 0 spiro atoms. The average Bonchev–Trinajstić information content (AvgIpc) is 3.09. The summed E-state index contributed by atoms with van der Waals surface area (Å²) >= 11 is 0. The van der Waals surface area contributed by atoms with Gasteiger partial charge >= 0.3 is 0 Å². The van der Waals surface area contributed by atoms with Crippen molar-refractivity contribution >= 4 is 5.91 Å². The third-order valence-electron chi connectivity index (χ3n) is 3.29. The Morgan fingerprint density at radius 2 is 2.33 bits per heavy atom. The lowest BCUT2D eigenvalue weighted by molar-refractivity contribution is -0.132. The topological polar surface area (TPSA) is 50.2 Å². The zero-order valence-electron chi connectivity index (χ0n) is 11.2. The summed E-state index contributed by atoms with van der Waals surface area (Å²) in [7, 11) is 0. The highest BCUT2D eigenvalue weighted by Gasteiger charge is 2.31. The second-order valence-electron chi connectivity index (χ2n) is 4.66. The molecule has 0 unspecified atom stereocenters. The molecule has 0 atom stereocenters. The van der Waals surface area contributed by atoms with Gasteiger partial charge in [0.05, 0.1) is 6.54 Å². The van der Waals surface area contributed by atoms with Crippen molar-refractivity contribution in [2.75, 3.05) is 13.1 Å². The molecule has 1 aromatic rings. The summed E-state index contributed by atoms with van der Waals surface area (Å²) in [5, 5.41) is 3.23. The molecule has 1 fully saturated rings. The fourth-order valence-corrected chi connectivity index (χ4v) is 2.15. The van der Waals surface area contributed by atoms with E-state index >= 15 is 0 Å². The van der Waals surface area contributed by atoms with Crippen molar-refractivity contribution in [3.63, 3.8) is 0 Å². The van der Waals surface area contributed by atoms with Gasteiger partial charge in [-0.15, -0.1) is 0 Å². The van der Waals surface area contributed by atoms with E-state index in [4.69, 9.17) is 0 Å². The van der Waals surface area contributed by atoms with Gasteiger partial charge in [-0.05, 0) is 26.3 Å². The molecule has 0 radical (unpaired) electrons. The molecular formula is C13H22N4O. The molecular weight excluding hydrogens is 228 g/mol. The fraction of sp³-hybridized carbons (Fsp3) is 0.692. The predicted molar refractivity (Wildman–Crippen MR) is 70.0 cm³/mol. The zero-order chi connectivity index (χ0) is 13.0. The number of nitrogens with one attached hydrogen (secondary N) is 1. The van der Waals surface area contributed by atoms with Crippen molar-refractivity contribution in [3.05, 3.63) is 18.2 Å². The Balaban J connectivity index is 1.95. The van der Waals surface area contributed by atoms with Gasteiger partial charge in [-0.3, -0.25) is 4.79 Å². The molecule has 18 heavy (non-hydrogen) atoms. The third kappa shape index (κ3) is 3.10. The van der Waals surface area contributed by atoms with E-state index in [9.17, 15) is 4.79 Å². The SMILES string of the molecule is CCNCc1nccn1CC(=O)N(CC)C1CC1. The van der Waals surface area contributed by atoms with Gasteiger partial charge in [-0.2, -0.15) is 0 Å². The van der Waals surface area contributed by atoms with Crippen LogP contribution in [0.3, 0.4) is 0 Å². The van der Waals surface area contributed by atoms with E-state index in [2.05, 4.69) is 17.2 Å². The van der Waals surface area contributed by atoms with E-state index in [-0.39, 0.29) is 5.91 Å². The van der Waals surface area contributed by atoms with Crippen LogP contribution < -0.4 is 5.32 Å². The molecule has 0 aromatic carbocycles. The lowest BCUT2D eigenvalue weighted by Gasteiger charge is -2.21. The van der Waals surface area contributed by atoms with Crippen molar-refractivity contribution < 1.29 is 4.79 Å². The van der Waals surface area contributed by atoms with Crippen LogP contribution in [-0.4, -0.2) is 39.5 Å². The van der Waals surface area contributed by atoms with Gasteiger partial charge in [0.15, 0.2) is 0 Å². The van der Waals surface area contributed by atoms with Crippen LogP contribution in [0.5, 0.6) is 0 Å². The average molecular weight is 250 g/mol. The summed E-state index contributed by atoms with van der Waals surface area (Å²) in [6.45, 7) is 6.94. The molecule has 1 aromatic heterocycles. The predicted octanol–water partition coefficient (Wildman–Crippen LogP) is 1.00. The molecule has 1 N–H and O–H groups in total. The van der Waals surface area contributed by atoms with Crippen LogP contribution in [0.25, 0.3) is 0 Å². The minimum Gasteiger partial charge on any atom is -0.338 e. The fourth-order valence-electron chi connectivity index (χ4n) is 2.15. The van der Waals surface area contributed by atoms with Crippen molar-refractivity contribution in [2.24, 2.45) is 0 Å². The molecule has 0 saturated heterocycles. The minimum absolute atomic E-state index is 0.204. The number of nitrogens with zero attached hydrogens (tertiary/aromatic N) is 3. The molecule has 1 heterocycles.